The zero-order chi connectivity index (χ0) is 30.7. The fourth-order valence-corrected chi connectivity index (χ4v) is 6.29. The number of ether oxygens (including phenoxy) is 4. The topological polar surface area (TPSA) is 204 Å². The Morgan fingerprint density at radius 3 is 2.10 bits per heavy atom. The van der Waals surface area contributed by atoms with E-state index in [0.717, 1.165) is 20.8 Å². The number of anilines is 1. The number of carbonyl (C=O) groups excluding carboxylic acids is 3. The van der Waals surface area contributed by atoms with Gasteiger partial charge in [0, 0.05) is 51.3 Å². The molecule has 0 saturated carbocycles. The molecule has 2 aromatic carbocycles. The van der Waals surface area contributed by atoms with Crippen molar-refractivity contribution in [2.45, 2.75) is 56.3 Å². The number of hydrogen-bond donors (Lipinski definition) is 3. The van der Waals surface area contributed by atoms with Crippen LogP contribution in [0.5, 0.6) is 0 Å². The van der Waals surface area contributed by atoms with Crippen LogP contribution in [0.15, 0.2) is 41.3 Å². The molecule has 1 fully saturated rings. The molecule has 3 N–H and O–H groups in total. The second kappa shape index (κ2) is 12.8. The number of esters is 3. The summed E-state index contributed by atoms with van der Waals surface area (Å²) in [5.41, 5.74) is 0.712. The highest BCUT2D eigenvalue weighted by atomic mass is 32.2. The number of nitrogens with one attached hydrogen (secondary N) is 1. The van der Waals surface area contributed by atoms with E-state index in [9.17, 15) is 37.2 Å². The molecule has 0 aliphatic carbocycles. The average Bonchev–Trinajstić information content (AvgIpc) is 2.84. The highest BCUT2D eigenvalue weighted by molar-refractivity contribution is 7.89. The number of benzene rings is 2. The molecule has 17 heteroatoms. The van der Waals surface area contributed by atoms with Gasteiger partial charge < -0.3 is 33.6 Å². The molecule has 3 rings (SSSR count). The molecular formula is C24H31N2O13PS. The maximum absolute atomic E-state index is 13.8. The molecule has 41 heavy (non-hydrogen) atoms. The first-order chi connectivity index (χ1) is 19.0. The van der Waals surface area contributed by atoms with Crippen molar-refractivity contribution >= 4 is 52.2 Å². The van der Waals surface area contributed by atoms with Crippen molar-refractivity contribution in [2.75, 3.05) is 25.6 Å². The van der Waals surface area contributed by atoms with Gasteiger partial charge in [-0.3, -0.25) is 18.9 Å². The van der Waals surface area contributed by atoms with Crippen LogP contribution in [-0.2, 0) is 52.4 Å². The molecule has 1 aliphatic heterocycles. The number of rotatable bonds is 10. The number of sulfonamides is 1. The Kier molecular flexibility index (Phi) is 10.1. The van der Waals surface area contributed by atoms with Crippen LogP contribution in [-0.4, -0.2) is 87.5 Å². The smallest absolute Gasteiger partial charge is 0.463 e. The zero-order valence-corrected chi connectivity index (χ0v) is 24.5. The van der Waals surface area contributed by atoms with Gasteiger partial charge in [-0.1, -0.05) is 24.3 Å². The Bertz CT molecular complexity index is 1460. The molecule has 0 spiro atoms. The van der Waals surface area contributed by atoms with E-state index in [0.29, 0.717) is 16.5 Å². The molecule has 0 bridgehead atoms. The van der Waals surface area contributed by atoms with Gasteiger partial charge in [-0.15, -0.1) is 0 Å². The molecule has 5 atom stereocenters. The first-order valence-electron chi connectivity index (χ1n) is 12.1. The monoisotopic (exact) mass is 618 g/mol. The van der Waals surface area contributed by atoms with Crippen molar-refractivity contribution in [2.24, 2.45) is 0 Å². The number of nitrogens with zero attached hydrogens (tertiary/aromatic N) is 1. The maximum atomic E-state index is 13.8. The summed E-state index contributed by atoms with van der Waals surface area (Å²) >= 11 is 0. The van der Waals surface area contributed by atoms with Crippen molar-refractivity contribution in [3.63, 3.8) is 0 Å². The van der Waals surface area contributed by atoms with Crippen molar-refractivity contribution < 1.29 is 60.6 Å². The predicted molar refractivity (Wildman–Crippen MR) is 142 cm³/mol. The summed E-state index contributed by atoms with van der Waals surface area (Å²) in [4.78, 5) is 56.2. The van der Waals surface area contributed by atoms with Crippen LogP contribution in [0.2, 0.25) is 0 Å². The molecule has 1 saturated heterocycles. The number of phosphoric acid groups is 1. The highest BCUT2D eigenvalue weighted by Crippen LogP contribution is 2.42. The lowest BCUT2D eigenvalue weighted by molar-refractivity contribution is -0.258. The Hall–Kier alpha value is -3.11. The van der Waals surface area contributed by atoms with E-state index in [1.807, 2.05) is 0 Å². The second-order valence-corrected chi connectivity index (χ2v) is 12.1. The summed E-state index contributed by atoms with van der Waals surface area (Å²) in [6, 6.07) is 7.67. The van der Waals surface area contributed by atoms with Gasteiger partial charge in [0.05, 0.1) is 4.90 Å². The third-order valence-corrected chi connectivity index (χ3v) is 7.86. The zero-order valence-electron chi connectivity index (χ0n) is 22.7. The van der Waals surface area contributed by atoms with Gasteiger partial charge in [0.2, 0.25) is 10.0 Å². The first-order valence-corrected chi connectivity index (χ1v) is 15.1. The number of phosphoric ester groups is 1. The van der Waals surface area contributed by atoms with E-state index in [-0.39, 0.29) is 4.90 Å². The summed E-state index contributed by atoms with van der Waals surface area (Å²) in [5.74, 6) is -2.63. The number of hydrogen-bond acceptors (Lipinski definition) is 12. The third-order valence-electron chi connectivity index (χ3n) is 5.86. The van der Waals surface area contributed by atoms with Crippen LogP contribution in [0, 0.1) is 0 Å². The molecule has 2 aromatic rings. The average molecular weight is 619 g/mol. The van der Waals surface area contributed by atoms with Crippen molar-refractivity contribution in [3.8, 4) is 0 Å². The van der Waals surface area contributed by atoms with Crippen molar-refractivity contribution in [1.29, 1.82) is 0 Å². The molecule has 0 aromatic heterocycles. The Morgan fingerprint density at radius 1 is 0.951 bits per heavy atom. The lowest BCUT2D eigenvalue weighted by atomic mass is 9.97. The van der Waals surface area contributed by atoms with Crippen LogP contribution in [0.25, 0.3) is 10.8 Å². The minimum Gasteiger partial charge on any atom is -0.463 e. The summed E-state index contributed by atoms with van der Waals surface area (Å²) in [7, 11) is -6.38. The number of fused-ring (bicyclic) bond motifs is 1. The van der Waals surface area contributed by atoms with E-state index in [2.05, 4.69) is 4.72 Å². The predicted octanol–water partition coefficient (Wildman–Crippen LogP) is 0.813. The van der Waals surface area contributed by atoms with Crippen LogP contribution in [0.4, 0.5) is 5.69 Å². The minimum atomic E-state index is -5.36. The third kappa shape index (κ3) is 8.23. The summed E-state index contributed by atoms with van der Waals surface area (Å²) in [6.45, 7) is 2.45. The van der Waals surface area contributed by atoms with Gasteiger partial charge in [-0.25, -0.2) is 13.0 Å². The van der Waals surface area contributed by atoms with Crippen LogP contribution in [0.3, 0.4) is 0 Å². The number of carbonyl (C=O) groups is 3. The molecule has 1 aliphatic rings. The van der Waals surface area contributed by atoms with Crippen LogP contribution >= 0.6 is 7.82 Å². The van der Waals surface area contributed by atoms with E-state index >= 15 is 0 Å². The summed E-state index contributed by atoms with van der Waals surface area (Å²) in [6.07, 6.45) is -6.92. The van der Waals surface area contributed by atoms with Crippen molar-refractivity contribution in [1.82, 2.24) is 4.72 Å². The lowest BCUT2D eigenvalue weighted by Gasteiger charge is -2.44. The van der Waals surface area contributed by atoms with Crippen LogP contribution < -0.4 is 9.62 Å². The quantitative estimate of drug-likeness (QED) is 0.192. The van der Waals surface area contributed by atoms with Gasteiger partial charge >= 0.3 is 25.7 Å². The highest BCUT2D eigenvalue weighted by Gasteiger charge is 2.53. The van der Waals surface area contributed by atoms with Crippen LogP contribution in [0.1, 0.15) is 20.8 Å². The van der Waals surface area contributed by atoms with Gasteiger partial charge in [-0.05, 0) is 12.1 Å². The minimum absolute atomic E-state index is 0.221. The van der Waals surface area contributed by atoms with E-state index < -0.39 is 73.0 Å². The largest absolute Gasteiger partial charge is 0.471 e. The van der Waals surface area contributed by atoms with Gasteiger partial charge in [0.25, 0.3) is 0 Å². The SMILES string of the molecule is CC(=O)OC[C@H]1O[C@H](OP(=O)(O)O)[C@H](NS(=O)(=O)c2cccc3c(N(C)C)cccc23)[C@@H](OC(C)=O)[C@@H]1OC(C)=O. The Balaban J connectivity index is 2.15. The lowest BCUT2D eigenvalue weighted by Crippen LogP contribution is -2.66. The Labute approximate surface area is 235 Å². The Morgan fingerprint density at radius 2 is 1.54 bits per heavy atom. The summed E-state index contributed by atoms with van der Waals surface area (Å²) in [5, 5.41) is 0.891. The molecule has 0 radical (unpaired) electrons. The summed E-state index contributed by atoms with van der Waals surface area (Å²) < 4.78 is 67.6. The van der Waals surface area contributed by atoms with E-state index in [4.69, 9.17) is 23.5 Å². The molecule has 0 unspecified atom stereocenters. The van der Waals surface area contributed by atoms with Crippen molar-refractivity contribution in [3.05, 3.63) is 36.4 Å². The fourth-order valence-electron chi connectivity index (χ4n) is 4.39. The van der Waals surface area contributed by atoms with Gasteiger partial charge in [0.1, 0.15) is 18.8 Å². The van der Waals surface area contributed by atoms with E-state index in [1.54, 1.807) is 43.3 Å². The molecular weight excluding hydrogens is 587 g/mol. The molecule has 15 nitrogen and oxygen atoms in total. The normalized spacial score (nSPS) is 23.0. The maximum Gasteiger partial charge on any atom is 0.471 e. The van der Waals surface area contributed by atoms with Gasteiger partial charge in [-0.2, -0.15) is 4.72 Å². The first kappa shape index (κ1) is 32.4. The van der Waals surface area contributed by atoms with Gasteiger partial charge in [0.15, 0.2) is 18.5 Å². The van der Waals surface area contributed by atoms with E-state index in [1.165, 1.54) is 12.1 Å². The molecule has 0 amide bonds. The fraction of sp³-hybridized carbons (Fsp3) is 0.458. The molecule has 226 valence electrons. The molecule has 1 heterocycles. The second-order valence-electron chi connectivity index (χ2n) is 9.26. The standard InChI is InChI=1S/C24H31N2O13PS/c1-13(27)35-12-19-22(36-14(2)28)23(37-15(3)29)21(24(38-19)39-40(30,31)32)25-41(33,34)20-11-7-8-16-17(20)9-6-10-18(16)26(4)5/h6-11,19,21-25H,12H2,1-5H3,(H2,30,31,32)/t19-,21-,22-,23-,24-/m1/s1.